The normalized spacial score (nSPS) is 14.4. The number of ether oxygens (including phenoxy) is 2. The smallest absolute Gasteiger partial charge is 0.257 e. The van der Waals surface area contributed by atoms with E-state index in [9.17, 15) is 9.59 Å². The zero-order chi connectivity index (χ0) is 19.0. The van der Waals surface area contributed by atoms with Gasteiger partial charge in [-0.3, -0.25) is 14.9 Å². The number of carbonyl (C=O) groups excluding carboxylic acids is 2. The van der Waals surface area contributed by atoms with E-state index in [1.807, 2.05) is 0 Å². The second-order valence-corrected chi connectivity index (χ2v) is 7.71. The van der Waals surface area contributed by atoms with Gasteiger partial charge in [0, 0.05) is 10.4 Å². The van der Waals surface area contributed by atoms with Crippen LogP contribution in [0.5, 0.6) is 11.5 Å². The number of anilines is 1. The van der Waals surface area contributed by atoms with Crippen molar-refractivity contribution in [3.8, 4) is 11.5 Å². The zero-order valence-corrected chi connectivity index (χ0v) is 15.9. The number of fused-ring (bicyclic) bond motifs is 2. The molecule has 0 bridgehead atoms. The largest absolute Gasteiger partial charge is 0.486 e. The van der Waals surface area contributed by atoms with Crippen molar-refractivity contribution in [2.45, 2.75) is 19.3 Å². The molecule has 0 saturated heterocycles. The summed E-state index contributed by atoms with van der Waals surface area (Å²) in [4.78, 5) is 25.4. The Kier molecular flexibility index (Phi) is 4.71. The van der Waals surface area contributed by atoms with Crippen LogP contribution in [0.25, 0.3) is 0 Å². The van der Waals surface area contributed by atoms with Crippen LogP contribution in [0.4, 0.5) is 5.00 Å². The topological polar surface area (TPSA) is 103 Å². The number of rotatable bonds is 3. The SMILES string of the molecule is NC(=O)c1c(NC(=S)NC(=O)c2ccc3c(c2)OCCO3)sc2c1CCC2. The lowest BCUT2D eigenvalue weighted by molar-refractivity contribution is 0.0974. The van der Waals surface area contributed by atoms with Gasteiger partial charge in [-0.15, -0.1) is 11.3 Å². The molecule has 1 aliphatic heterocycles. The number of carbonyl (C=O) groups is 2. The third-order valence-electron chi connectivity index (χ3n) is 4.43. The Morgan fingerprint density at radius 1 is 1.15 bits per heavy atom. The Bertz CT molecular complexity index is 954. The molecular weight excluding hydrogens is 386 g/mol. The molecule has 1 aliphatic carbocycles. The lowest BCUT2D eigenvalue weighted by Crippen LogP contribution is -2.34. The second-order valence-electron chi connectivity index (χ2n) is 6.19. The van der Waals surface area contributed by atoms with Gasteiger partial charge in [0.05, 0.1) is 5.56 Å². The van der Waals surface area contributed by atoms with Crippen molar-refractivity contribution in [2.24, 2.45) is 5.73 Å². The number of nitrogens with one attached hydrogen (secondary N) is 2. The van der Waals surface area contributed by atoms with Crippen LogP contribution in [-0.4, -0.2) is 30.1 Å². The quantitative estimate of drug-likeness (QED) is 0.679. The third-order valence-corrected chi connectivity index (χ3v) is 5.84. The summed E-state index contributed by atoms with van der Waals surface area (Å²) in [5.74, 6) is 0.267. The highest BCUT2D eigenvalue weighted by molar-refractivity contribution is 7.80. The summed E-state index contributed by atoms with van der Waals surface area (Å²) in [6.07, 6.45) is 2.79. The molecule has 2 aromatic rings. The minimum absolute atomic E-state index is 0.109. The lowest BCUT2D eigenvalue weighted by atomic mass is 10.1. The number of thiocarbonyl (C=S) groups is 1. The van der Waals surface area contributed by atoms with Crippen LogP contribution in [0.3, 0.4) is 0 Å². The average Bonchev–Trinajstić information content (AvgIpc) is 3.21. The van der Waals surface area contributed by atoms with Crippen LogP contribution in [0.2, 0.25) is 0 Å². The van der Waals surface area contributed by atoms with Crippen LogP contribution in [-0.2, 0) is 12.8 Å². The van der Waals surface area contributed by atoms with Crippen molar-refractivity contribution in [3.05, 3.63) is 39.8 Å². The fraction of sp³-hybridized carbons (Fsp3) is 0.278. The van der Waals surface area contributed by atoms with Crippen LogP contribution in [0, 0.1) is 0 Å². The number of nitrogens with two attached hydrogens (primary N) is 1. The first-order valence-corrected chi connectivity index (χ1v) is 9.71. The monoisotopic (exact) mass is 403 g/mol. The molecule has 0 spiro atoms. The van der Waals surface area contributed by atoms with Gasteiger partial charge in [-0.05, 0) is 55.2 Å². The Balaban J connectivity index is 1.47. The molecule has 0 saturated carbocycles. The standard InChI is InChI=1S/C18H17N3O4S2/c19-15(22)14-10-2-1-3-13(10)27-17(14)21-18(26)20-16(23)9-4-5-11-12(8-9)25-7-6-24-11/h4-5,8H,1-3,6-7H2,(H2,19,22)(H2,20,21,23,26). The summed E-state index contributed by atoms with van der Waals surface area (Å²) in [6.45, 7) is 0.927. The molecule has 0 atom stereocenters. The molecule has 2 amide bonds. The predicted octanol–water partition coefficient (Wildman–Crippen LogP) is 2.23. The lowest BCUT2D eigenvalue weighted by Gasteiger charge is -2.18. The van der Waals surface area contributed by atoms with E-state index in [1.54, 1.807) is 18.2 Å². The Morgan fingerprint density at radius 2 is 1.93 bits per heavy atom. The third kappa shape index (κ3) is 3.47. The first kappa shape index (κ1) is 17.7. The van der Waals surface area contributed by atoms with Gasteiger partial charge in [0.2, 0.25) is 0 Å². The number of benzene rings is 1. The van der Waals surface area contributed by atoms with E-state index in [1.165, 1.54) is 11.3 Å². The summed E-state index contributed by atoms with van der Waals surface area (Å²) in [5, 5.41) is 6.26. The highest BCUT2D eigenvalue weighted by atomic mass is 32.1. The van der Waals surface area contributed by atoms with Gasteiger partial charge >= 0.3 is 0 Å². The Labute approximate surface area is 164 Å². The summed E-state index contributed by atoms with van der Waals surface area (Å²) in [5.41, 5.74) is 7.40. The molecule has 1 aromatic heterocycles. The molecule has 0 radical (unpaired) electrons. The van der Waals surface area contributed by atoms with Crippen molar-refractivity contribution in [3.63, 3.8) is 0 Å². The first-order chi connectivity index (χ1) is 13.0. The van der Waals surface area contributed by atoms with Crippen LogP contribution < -0.4 is 25.8 Å². The minimum atomic E-state index is -0.488. The van der Waals surface area contributed by atoms with E-state index in [0.717, 1.165) is 29.7 Å². The molecule has 7 nitrogen and oxygen atoms in total. The summed E-state index contributed by atoms with van der Waals surface area (Å²) in [7, 11) is 0. The number of hydrogen-bond donors (Lipinski definition) is 3. The maximum atomic E-state index is 12.5. The molecule has 0 fully saturated rings. The highest BCUT2D eigenvalue weighted by Crippen LogP contribution is 2.38. The Hall–Kier alpha value is -2.65. The number of aryl methyl sites for hydroxylation is 1. The van der Waals surface area contributed by atoms with Gasteiger partial charge < -0.3 is 20.5 Å². The molecule has 2 heterocycles. The molecule has 9 heteroatoms. The fourth-order valence-corrected chi connectivity index (χ4v) is 4.81. The second kappa shape index (κ2) is 7.16. The number of amides is 2. The molecule has 0 unspecified atom stereocenters. The van der Waals surface area contributed by atoms with Crippen molar-refractivity contribution < 1.29 is 19.1 Å². The number of thiophene rings is 1. The van der Waals surface area contributed by atoms with E-state index in [0.29, 0.717) is 40.8 Å². The number of primary amides is 1. The molecular formula is C18H17N3O4S2. The van der Waals surface area contributed by atoms with Gasteiger partial charge in [0.1, 0.15) is 18.2 Å². The zero-order valence-electron chi connectivity index (χ0n) is 14.3. The van der Waals surface area contributed by atoms with E-state index < -0.39 is 5.91 Å². The molecule has 27 heavy (non-hydrogen) atoms. The van der Waals surface area contributed by atoms with Crippen LogP contribution >= 0.6 is 23.6 Å². The van der Waals surface area contributed by atoms with Crippen molar-refractivity contribution >= 4 is 45.5 Å². The van der Waals surface area contributed by atoms with Crippen molar-refractivity contribution in [2.75, 3.05) is 18.5 Å². The molecule has 2 aliphatic rings. The van der Waals surface area contributed by atoms with E-state index in [4.69, 9.17) is 27.4 Å². The van der Waals surface area contributed by atoms with Crippen molar-refractivity contribution in [1.82, 2.24) is 5.32 Å². The minimum Gasteiger partial charge on any atom is -0.486 e. The van der Waals surface area contributed by atoms with Crippen molar-refractivity contribution in [1.29, 1.82) is 0 Å². The average molecular weight is 403 g/mol. The van der Waals surface area contributed by atoms with Gasteiger partial charge in [-0.1, -0.05) is 0 Å². The van der Waals surface area contributed by atoms with E-state index in [2.05, 4.69) is 10.6 Å². The highest BCUT2D eigenvalue weighted by Gasteiger charge is 2.26. The van der Waals surface area contributed by atoms with Crippen LogP contribution in [0.1, 0.15) is 37.6 Å². The van der Waals surface area contributed by atoms with Gasteiger partial charge in [0.15, 0.2) is 16.6 Å². The van der Waals surface area contributed by atoms with Gasteiger partial charge in [-0.2, -0.15) is 0 Å². The molecule has 1 aromatic carbocycles. The summed E-state index contributed by atoms with van der Waals surface area (Å²) < 4.78 is 10.9. The molecule has 140 valence electrons. The molecule has 4 N–H and O–H groups in total. The predicted molar refractivity (Wildman–Crippen MR) is 106 cm³/mol. The van der Waals surface area contributed by atoms with Gasteiger partial charge in [0.25, 0.3) is 11.8 Å². The number of hydrogen-bond acceptors (Lipinski definition) is 6. The maximum Gasteiger partial charge on any atom is 0.257 e. The summed E-state index contributed by atoms with van der Waals surface area (Å²) >= 11 is 6.70. The Morgan fingerprint density at radius 3 is 2.70 bits per heavy atom. The fourth-order valence-electron chi connectivity index (χ4n) is 3.25. The molecule has 4 rings (SSSR count). The summed E-state index contributed by atoms with van der Waals surface area (Å²) in [6, 6.07) is 4.94. The van der Waals surface area contributed by atoms with Crippen LogP contribution in [0.15, 0.2) is 18.2 Å². The van der Waals surface area contributed by atoms with E-state index in [-0.39, 0.29) is 11.0 Å². The first-order valence-electron chi connectivity index (χ1n) is 8.49. The van der Waals surface area contributed by atoms with Gasteiger partial charge in [-0.25, -0.2) is 0 Å². The maximum absolute atomic E-state index is 12.5. The van der Waals surface area contributed by atoms with E-state index >= 15 is 0 Å².